The molecule has 0 aromatic heterocycles. The lowest BCUT2D eigenvalue weighted by atomic mass is 9.87. The highest BCUT2D eigenvalue weighted by atomic mass is 16.4. The van der Waals surface area contributed by atoms with Crippen molar-refractivity contribution in [2.75, 3.05) is 27.2 Å². The number of nitrogens with one attached hydrogen (secondary N) is 1. The van der Waals surface area contributed by atoms with Gasteiger partial charge in [0, 0.05) is 19.1 Å². The molecule has 0 spiro atoms. The SMILES string of the molecule is CN(C)CC1CCCN1C(=O)N[C@H](C(=O)O)C(C)(C)C. The number of hydrogen-bond acceptors (Lipinski definition) is 3. The second-order valence-electron chi connectivity index (χ2n) is 6.84. The minimum Gasteiger partial charge on any atom is -0.480 e. The zero-order valence-corrected chi connectivity index (χ0v) is 13.1. The van der Waals surface area contributed by atoms with Gasteiger partial charge in [0.1, 0.15) is 6.04 Å². The highest BCUT2D eigenvalue weighted by Crippen LogP contribution is 2.22. The lowest BCUT2D eigenvalue weighted by Gasteiger charge is -2.32. The summed E-state index contributed by atoms with van der Waals surface area (Å²) in [6.45, 7) is 6.94. The van der Waals surface area contributed by atoms with Crippen LogP contribution in [0.5, 0.6) is 0 Å². The van der Waals surface area contributed by atoms with Gasteiger partial charge in [0.05, 0.1) is 0 Å². The van der Waals surface area contributed by atoms with E-state index < -0.39 is 17.4 Å². The smallest absolute Gasteiger partial charge is 0.326 e. The van der Waals surface area contributed by atoms with Crippen molar-refractivity contribution >= 4 is 12.0 Å². The van der Waals surface area contributed by atoms with Crippen LogP contribution >= 0.6 is 0 Å². The summed E-state index contributed by atoms with van der Waals surface area (Å²) in [5.41, 5.74) is -0.516. The van der Waals surface area contributed by atoms with Crippen LogP contribution in [0.25, 0.3) is 0 Å². The summed E-state index contributed by atoms with van der Waals surface area (Å²) in [6.07, 6.45) is 1.94. The number of urea groups is 1. The number of carboxylic acids is 1. The van der Waals surface area contributed by atoms with Crippen LogP contribution in [0.15, 0.2) is 0 Å². The van der Waals surface area contributed by atoms with Crippen LogP contribution in [0.3, 0.4) is 0 Å². The topological polar surface area (TPSA) is 72.9 Å². The summed E-state index contributed by atoms with van der Waals surface area (Å²) in [4.78, 5) is 27.5. The number of carboxylic acid groups (broad SMARTS) is 1. The van der Waals surface area contributed by atoms with E-state index in [0.717, 1.165) is 19.4 Å². The number of carbonyl (C=O) groups excluding carboxylic acids is 1. The Bertz CT molecular complexity index is 363. The van der Waals surface area contributed by atoms with Crippen molar-refractivity contribution in [2.45, 2.75) is 45.7 Å². The average molecular weight is 285 g/mol. The molecule has 0 bridgehead atoms. The maximum Gasteiger partial charge on any atom is 0.326 e. The first-order valence-electron chi connectivity index (χ1n) is 7.07. The summed E-state index contributed by atoms with van der Waals surface area (Å²) in [7, 11) is 3.95. The third-order valence-electron chi connectivity index (χ3n) is 3.59. The maximum atomic E-state index is 12.3. The molecule has 0 saturated carbocycles. The molecule has 20 heavy (non-hydrogen) atoms. The Morgan fingerprint density at radius 3 is 2.45 bits per heavy atom. The Balaban J connectivity index is 2.71. The lowest BCUT2D eigenvalue weighted by molar-refractivity contribution is -0.142. The number of amides is 2. The minimum atomic E-state index is -0.991. The number of rotatable bonds is 4. The molecule has 1 saturated heterocycles. The van der Waals surface area contributed by atoms with Crippen LogP contribution in [0.2, 0.25) is 0 Å². The molecule has 0 aromatic rings. The van der Waals surface area contributed by atoms with E-state index in [-0.39, 0.29) is 12.1 Å². The molecule has 0 aromatic carbocycles. The van der Waals surface area contributed by atoms with E-state index in [0.29, 0.717) is 6.54 Å². The summed E-state index contributed by atoms with van der Waals surface area (Å²) in [5, 5.41) is 11.9. The number of likely N-dealkylation sites (N-methyl/N-ethyl adjacent to an activating group) is 1. The Labute approximate surface area is 121 Å². The van der Waals surface area contributed by atoms with Crippen molar-refractivity contribution in [2.24, 2.45) is 5.41 Å². The first-order chi connectivity index (χ1) is 9.12. The Kier molecular flexibility index (Phi) is 5.39. The van der Waals surface area contributed by atoms with Crippen LogP contribution in [0.1, 0.15) is 33.6 Å². The van der Waals surface area contributed by atoms with Crippen molar-refractivity contribution in [3.63, 3.8) is 0 Å². The lowest BCUT2D eigenvalue weighted by Crippen LogP contribution is -2.55. The largest absolute Gasteiger partial charge is 0.480 e. The van der Waals surface area contributed by atoms with E-state index in [1.54, 1.807) is 4.90 Å². The van der Waals surface area contributed by atoms with Gasteiger partial charge in [-0.15, -0.1) is 0 Å². The molecule has 1 unspecified atom stereocenters. The van der Waals surface area contributed by atoms with Crippen molar-refractivity contribution in [1.82, 2.24) is 15.1 Å². The number of hydrogen-bond donors (Lipinski definition) is 2. The van der Waals surface area contributed by atoms with Gasteiger partial charge in [-0.25, -0.2) is 9.59 Å². The molecule has 0 radical (unpaired) electrons. The zero-order chi connectivity index (χ0) is 15.5. The molecule has 2 atom stereocenters. The average Bonchev–Trinajstić information content (AvgIpc) is 2.70. The molecule has 1 aliphatic heterocycles. The highest BCUT2D eigenvalue weighted by molar-refractivity contribution is 5.83. The monoisotopic (exact) mass is 285 g/mol. The fourth-order valence-corrected chi connectivity index (χ4v) is 2.57. The van der Waals surface area contributed by atoms with Gasteiger partial charge in [-0.05, 0) is 32.4 Å². The van der Waals surface area contributed by atoms with Gasteiger partial charge in [0.15, 0.2) is 0 Å². The van der Waals surface area contributed by atoms with E-state index in [9.17, 15) is 14.7 Å². The normalized spacial score (nSPS) is 21.1. The van der Waals surface area contributed by atoms with E-state index in [2.05, 4.69) is 10.2 Å². The van der Waals surface area contributed by atoms with Crippen LogP contribution in [-0.4, -0.2) is 66.2 Å². The number of likely N-dealkylation sites (tertiary alicyclic amines) is 1. The second kappa shape index (κ2) is 6.43. The Morgan fingerprint density at radius 1 is 1.40 bits per heavy atom. The van der Waals surface area contributed by atoms with Crippen LogP contribution in [0, 0.1) is 5.41 Å². The quantitative estimate of drug-likeness (QED) is 0.814. The first-order valence-corrected chi connectivity index (χ1v) is 7.07. The third kappa shape index (κ3) is 4.37. The molecule has 0 aliphatic carbocycles. The standard InChI is InChI=1S/C14H27N3O3/c1-14(2,3)11(12(18)19)15-13(20)17-8-6-7-10(17)9-16(4)5/h10-11H,6-9H2,1-5H3,(H,15,20)(H,18,19)/t10?,11-/m1/s1. The fraction of sp³-hybridized carbons (Fsp3) is 0.857. The van der Waals surface area contributed by atoms with Crippen molar-refractivity contribution in [3.05, 3.63) is 0 Å². The van der Waals surface area contributed by atoms with Gasteiger partial charge < -0.3 is 20.2 Å². The van der Waals surface area contributed by atoms with Crippen LogP contribution in [0.4, 0.5) is 4.79 Å². The van der Waals surface area contributed by atoms with Gasteiger partial charge in [-0.3, -0.25) is 0 Å². The van der Waals surface area contributed by atoms with Crippen molar-refractivity contribution in [1.29, 1.82) is 0 Å². The third-order valence-corrected chi connectivity index (χ3v) is 3.59. The molecular weight excluding hydrogens is 258 g/mol. The molecule has 2 amide bonds. The van der Waals surface area contributed by atoms with Gasteiger partial charge in [-0.2, -0.15) is 0 Å². The molecule has 1 fully saturated rings. The molecule has 2 N–H and O–H groups in total. The molecule has 6 heteroatoms. The molecular formula is C14H27N3O3. The summed E-state index contributed by atoms with van der Waals surface area (Å²) in [5.74, 6) is -0.991. The predicted octanol–water partition coefficient (Wildman–Crippen LogP) is 1.22. The Morgan fingerprint density at radius 2 is 2.00 bits per heavy atom. The molecule has 1 aliphatic rings. The highest BCUT2D eigenvalue weighted by Gasteiger charge is 2.36. The zero-order valence-electron chi connectivity index (χ0n) is 13.1. The van der Waals surface area contributed by atoms with E-state index >= 15 is 0 Å². The number of carbonyl (C=O) groups is 2. The fourth-order valence-electron chi connectivity index (χ4n) is 2.57. The van der Waals surface area contributed by atoms with Crippen LogP contribution < -0.4 is 5.32 Å². The summed E-state index contributed by atoms with van der Waals surface area (Å²) in [6, 6.07) is -0.980. The second-order valence-corrected chi connectivity index (χ2v) is 6.84. The van der Waals surface area contributed by atoms with Crippen molar-refractivity contribution < 1.29 is 14.7 Å². The van der Waals surface area contributed by atoms with Gasteiger partial charge in [0.2, 0.25) is 0 Å². The summed E-state index contributed by atoms with van der Waals surface area (Å²) >= 11 is 0. The number of aliphatic carboxylic acids is 1. The van der Waals surface area contributed by atoms with Gasteiger partial charge in [-0.1, -0.05) is 20.8 Å². The van der Waals surface area contributed by atoms with Crippen LogP contribution in [-0.2, 0) is 4.79 Å². The number of nitrogens with zero attached hydrogens (tertiary/aromatic N) is 2. The predicted molar refractivity (Wildman–Crippen MR) is 77.7 cm³/mol. The van der Waals surface area contributed by atoms with E-state index in [1.807, 2.05) is 34.9 Å². The first kappa shape index (κ1) is 16.8. The van der Waals surface area contributed by atoms with E-state index in [1.165, 1.54) is 0 Å². The summed E-state index contributed by atoms with van der Waals surface area (Å²) < 4.78 is 0. The molecule has 116 valence electrons. The molecule has 1 rings (SSSR count). The minimum absolute atomic E-state index is 0.166. The van der Waals surface area contributed by atoms with Crippen molar-refractivity contribution in [3.8, 4) is 0 Å². The maximum absolute atomic E-state index is 12.3. The Hall–Kier alpha value is -1.30. The molecule has 1 heterocycles. The van der Waals surface area contributed by atoms with Gasteiger partial charge in [0.25, 0.3) is 0 Å². The van der Waals surface area contributed by atoms with E-state index in [4.69, 9.17) is 0 Å². The van der Waals surface area contributed by atoms with Gasteiger partial charge >= 0.3 is 12.0 Å². The molecule has 6 nitrogen and oxygen atoms in total.